The van der Waals surface area contributed by atoms with Crippen molar-refractivity contribution < 1.29 is 9.53 Å². The van der Waals surface area contributed by atoms with Gasteiger partial charge in [-0.05, 0) is 25.0 Å². The van der Waals surface area contributed by atoms with Crippen LogP contribution in [0.5, 0.6) is 5.75 Å². The van der Waals surface area contributed by atoms with E-state index in [1.807, 2.05) is 6.07 Å². The Kier molecular flexibility index (Phi) is 2.37. The highest BCUT2D eigenvalue weighted by atomic mass is 35.5. The quantitative estimate of drug-likeness (QED) is 0.842. The summed E-state index contributed by atoms with van der Waals surface area (Å²) in [5.74, 6) is 0.902. The van der Waals surface area contributed by atoms with Gasteiger partial charge in [0.05, 0.1) is 17.6 Å². The van der Waals surface area contributed by atoms with Crippen molar-refractivity contribution in [3.8, 4) is 5.75 Å². The molecule has 0 radical (unpaired) electrons. The van der Waals surface area contributed by atoms with Crippen LogP contribution in [0.15, 0.2) is 12.1 Å². The number of ether oxygens (including phenoxy) is 1. The Balaban J connectivity index is 2.42. The number of rotatable bonds is 1. The average Bonchev–Trinajstić information content (AvgIpc) is 2.71. The number of aromatic nitrogens is 1. The van der Waals surface area contributed by atoms with Crippen molar-refractivity contribution in [3.63, 3.8) is 0 Å². The number of fused-ring (bicyclic) bond motifs is 3. The minimum absolute atomic E-state index is 0.174. The number of nitrogens with one attached hydrogen (secondary N) is 1. The van der Waals surface area contributed by atoms with Crippen LogP contribution in [0.3, 0.4) is 0 Å². The molecule has 17 heavy (non-hydrogen) atoms. The van der Waals surface area contributed by atoms with Crippen LogP contribution in [0.2, 0.25) is 5.02 Å². The number of H-pyrrole nitrogens is 1. The van der Waals surface area contributed by atoms with Crippen LogP contribution in [0.1, 0.15) is 28.9 Å². The first kappa shape index (κ1) is 10.7. The predicted octanol–water partition coefficient (Wildman–Crippen LogP) is 3.35. The summed E-state index contributed by atoms with van der Waals surface area (Å²) < 4.78 is 5.29. The molecule has 3 nitrogen and oxygen atoms in total. The standard InChI is InChI=1S/C13H12ClNO2/c1-17-10-6-5-7(14)11-12-8(15-13(10)11)3-2-4-9(12)16/h5-6,15H,2-4H2,1H3. The lowest BCUT2D eigenvalue weighted by atomic mass is 9.94. The summed E-state index contributed by atoms with van der Waals surface area (Å²) in [5.41, 5.74) is 2.58. The highest BCUT2D eigenvalue weighted by Crippen LogP contribution is 2.37. The number of halogens is 1. The molecule has 0 unspecified atom stereocenters. The second-order valence-corrected chi connectivity index (χ2v) is 4.66. The van der Waals surface area contributed by atoms with Gasteiger partial charge in [0.2, 0.25) is 0 Å². The molecule has 1 aromatic heterocycles. The first-order valence-electron chi connectivity index (χ1n) is 5.62. The van der Waals surface area contributed by atoms with E-state index < -0.39 is 0 Å². The lowest BCUT2D eigenvalue weighted by molar-refractivity contribution is 0.0974. The summed E-state index contributed by atoms with van der Waals surface area (Å²) >= 11 is 6.20. The van der Waals surface area contributed by atoms with E-state index in [-0.39, 0.29) is 5.78 Å². The number of aromatic amines is 1. The molecule has 1 aliphatic carbocycles. The normalized spacial score (nSPS) is 15.1. The molecule has 0 saturated carbocycles. The van der Waals surface area contributed by atoms with Crippen molar-refractivity contribution in [2.75, 3.05) is 7.11 Å². The van der Waals surface area contributed by atoms with Crippen LogP contribution < -0.4 is 4.74 Å². The summed E-state index contributed by atoms with van der Waals surface area (Å²) in [7, 11) is 1.62. The molecule has 2 aromatic rings. The number of carbonyl (C=O) groups is 1. The third-order valence-corrected chi connectivity index (χ3v) is 3.59. The second-order valence-electron chi connectivity index (χ2n) is 4.25. The lowest BCUT2D eigenvalue weighted by Gasteiger charge is -2.09. The monoisotopic (exact) mass is 249 g/mol. The van der Waals surface area contributed by atoms with Crippen molar-refractivity contribution in [2.24, 2.45) is 0 Å². The van der Waals surface area contributed by atoms with Crippen LogP contribution in [0.4, 0.5) is 0 Å². The molecule has 3 rings (SSSR count). The Hall–Kier alpha value is -1.48. The van der Waals surface area contributed by atoms with Gasteiger partial charge in [0.1, 0.15) is 5.75 Å². The van der Waals surface area contributed by atoms with E-state index in [1.165, 1.54) is 0 Å². The fourth-order valence-corrected chi connectivity index (χ4v) is 2.76. The zero-order valence-corrected chi connectivity index (χ0v) is 10.2. The highest BCUT2D eigenvalue weighted by molar-refractivity contribution is 6.37. The van der Waals surface area contributed by atoms with Crippen LogP contribution >= 0.6 is 11.6 Å². The van der Waals surface area contributed by atoms with Crippen LogP contribution in [-0.4, -0.2) is 17.9 Å². The first-order valence-corrected chi connectivity index (χ1v) is 6.00. The smallest absolute Gasteiger partial charge is 0.165 e. The first-order chi connectivity index (χ1) is 8.22. The number of methoxy groups -OCH3 is 1. The van der Waals surface area contributed by atoms with Gasteiger partial charge in [-0.25, -0.2) is 0 Å². The van der Waals surface area contributed by atoms with Crippen LogP contribution in [-0.2, 0) is 6.42 Å². The highest BCUT2D eigenvalue weighted by Gasteiger charge is 2.25. The van der Waals surface area contributed by atoms with Gasteiger partial charge in [-0.2, -0.15) is 0 Å². The molecule has 0 bridgehead atoms. The topological polar surface area (TPSA) is 42.1 Å². The van der Waals surface area contributed by atoms with Crippen molar-refractivity contribution in [1.29, 1.82) is 0 Å². The second kappa shape index (κ2) is 3.77. The molecular weight excluding hydrogens is 238 g/mol. The largest absolute Gasteiger partial charge is 0.495 e. The average molecular weight is 250 g/mol. The van der Waals surface area contributed by atoms with Crippen LogP contribution in [0.25, 0.3) is 10.9 Å². The molecule has 0 spiro atoms. The van der Waals surface area contributed by atoms with Gasteiger partial charge < -0.3 is 9.72 Å². The Morgan fingerprint density at radius 3 is 2.94 bits per heavy atom. The van der Waals surface area contributed by atoms with Crippen LogP contribution in [0, 0.1) is 0 Å². The summed E-state index contributed by atoms with van der Waals surface area (Å²) in [4.78, 5) is 15.3. The number of Topliss-reactive ketones (excluding diaryl/α,β-unsaturated/α-hetero) is 1. The molecule has 1 aliphatic rings. The van der Waals surface area contributed by atoms with E-state index in [0.717, 1.165) is 40.8 Å². The summed E-state index contributed by atoms with van der Waals surface area (Å²) in [6, 6.07) is 3.59. The van der Waals surface area contributed by atoms with Gasteiger partial charge in [0, 0.05) is 23.1 Å². The summed E-state index contributed by atoms with van der Waals surface area (Å²) in [5, 5.41) is 1.42. The Bertz CT molecular complexity index is 615. The third kappa shape index (κ3) is 1.46. The van der Waals surface area contributed by atoms with E-state index in [4.69, 9.17) is 16.3 Å². The summed E-state index contributed by atoms with van der Waals surface area (Å²) in [6.07, 6.45) is 2.40. The van der Waals surface area contributed by atoms with Crippen molar-refractivity contribution in [2.45, 2.75) is 19.3 Å². The summed E-state index contributed by atoms with van der Waals surface area (Å²) in [6.45, 7) is 0. The predicted molar refractivity (Wildman–Crippen MR) is 67.1 cm³/mol. The Morgan fingerprint density at radius 2 is 2.18 bits per heavy atom. The maximum atomic E-state index is 12.0. The van der Waals surface area contributed by atoms with Gasteiger partial charge in [-0.3, -0.25) is 4.79 Å². The third-order valence-electron chi connectivity index (χ3n) is 3.27. The van der Waals surface area contributed by atoms with Crippen molar-refractivity contribution in [3.05, 3.63) is 28.4 Å². The van der Waals surface area contributed by atoms with E-state index in [1.54, 1.807) is 13.2 Å². The van der Waals surface area contributed by atoms with Crippen molar-refractivity contribution in [1.82, 2.24) is 4.98 Å². The van der Waals surface area contributed by atoms with Gasteiger partial charge >= 0.3 is 0 Å². The van der Waals surface area contributed by atoms with Gasteiger partial charge in [0.25, 0.3) is 0 Å². The van der Waals surface area contributed by atoms with E-state index in [2.05, 4.69) is 4.98 Å². The minimum atomic E-state index is 0.174. The zero-order chi connectivity index (χ0) is 12.0. The van der Waals surface area contributed by atoms with E-state index in [0.29, 0.717) is 11.4 Å². The lowest BCUT2D eigenvalue weighted by Crippen LogP contribution is -2.09. The maximum absolute atomic E-state index is 12.0. The number of aryl methyl sites for hydroxylation is 1. The molecule has 0 atom stereocenters. The fraction of sp³-hybridized carbons (Fsp3) is 0.308. The Morgan fingerprint density at radius 1 is 1.35 bits per heavy atom. The molecule has 0 aliphatic heterocycles. The molecule has 1 N–H and O–H groups in total. The zero-order valence-electron chi connectivity index (χ0n) is 9.47. The molecule has 88 valence electrons. The number of carbonyl (C=O) groups excluding carboxylic acids is 1. The number of ketones is 1. The molecule has 0 saturated heterocycles. The number of hydrogen-bond donors (Lipinski definition) is 1. The molecule has 0 amide bonds. The Labute approximate surface area is 104 Å². The van der Waals surface area contributed by atoms with Crippen molar-refractivity contribution >= 4 is 28.3 Å². The maximum Gasteiger partial charge on any atom is 0.165 e. The number of benzene rings is 1. The van der Waals surface area contributed by atoms with Gasteiger partial charge in [-0.1, -0.05) is 11.6 Å². The van der Waals surface area contributed by atoms with E-state index >= 15 is 0 Å². The molecule has 4 heteroatoms. The fourth-order valence-electron chi connectivity index (χ4n) is 2.51. The number of hydrogen-bond acceptors (Lipinski definition) is 2. The van der Waals surface area contributed by atoms with E-state index in [9.17, 15) is 4.79 Å². The molecule has 1 aromatic carbocycles. The molecular formula is C13H12ClNO2. The SMILES string of the molecule is COc1ccc(Cl)c2c3c([nH]c12)CCCC3=O. The minimum Gasteiger partial charge on any atom is -0.495 e. The molecule has 0 fully saturated rings. The van der Waals surface area contributed by atoms with Gasteiger partial charge in [-0.15, -0.1) is 0 Å². The molecule has 1 heterocycles. The van der Waals surface area contributed by atoms with Gasteiger partial charge in [0.15, 0.2) is 5.78 Å².